The molecule has 0 heterocycles. The van der Waals surface area contributed by atoms with E-state index in [9.17, 15) is 9.59 Å². The molecule has 0 aliphatic carbocycles. The van der Waals surface area contributed by atoms with Crippen LogP contribution in [0, 0.1) is 0 Å². The summed E-state index contributed by atoms with van der Waals surface area (Å²) >= 11 is 0. The van der Waals surface area contributed by atoms with Crippen molar-refractivity contribution in [3.63, 3.8) is 0 Å². The van der Waals surface area contributed by atoms with E-state index in [0.29, 0.717) is 5.56 Å². The first kappa shape index (κ1) is 14.9. The van der Waals surface area contributed by atoms with E-state index in [1.807, 2.05) is 0 Å². The Bertz CT molecular complexity index is 533. The molecular weight excluding hydrogens is 252 g/mol. The third-order valence-corrected chi connectivity index (χ3v) is 2.46. The zero-order valence-corrected chi connectivity index (χ0v) is 10.7. The molecule has 0 aliphatic rings. The lowest BCUT2D eigenvalue weighted by Gasteiger charge is -2.29. The summed E-state index contributed by atoms with van der Waals surface area (Å²) in [4.78, 5) is 27.6. The largest absolute Gasteiger partial charge is 0.327 e. The lowest BCUT2D eigenvalue weighted by molar-refractivity contribution is -0.364. The van der Waals surface area contributed by atoms with Crippen LogP contribution in [-0.4, -0.2) is 33.5 Å². The molecule has 100 valence electrons. The number of hydrogen-bond acceptors (Lipinski definition) is 7. The molecule has 0 saturated heterocycles. The maximum atomic E-state index is 10.5. The zero-order valence-electron chi connectivity index (χ0n) is 10.7. The summed E-state index contributed by atoms with van der Waals surface area (Å²) < 4.78 is 15.5. The topological polar surface area (TPSA) is 86.5 Å². The van der Waals surface area contributed by atoms with Crippen molar-refractivity contribution in [3.8, 4) is 0 Å². The van der Waals surface area contributed by atoms with E-state index in [4.69, 9.17) is 14.2 Å². The lowest BCUT2D eigenvalue weighted by atomic mass is 10.1. The predicted molar refractivity (Wildman–Crippen MR) is 64.7 cm³/mol. The van der Waals surface area contributed by atoms with E-state index in [2.05, 4.69) is 9.98 Å². The molecule has 7 nitrogen and oxygen atoms in total. The summed E-state index contributed by atoms with van der Waals surface area (Å²) in [6, 6.07) is 4.41. The van der Waals surface area contributed by atoms with Crippen LogP contribution in [0.5, 0.6) is 0 Å². The molecule has 19 heavy (non-hydrogen) atoms. The monoisotopic (exact) mass is 264 g/mol. The van der Waals surface area contributed by atoms with Crippen LogP contribution in [0.1, 0.15) is 5.56 Å². The zero-order chi connectivity index (χ0) is 14.3. The van der Waals surface area contributed by atoms with Gasteiger partial charge in [-0.05, 0) is 18.2 Å². The number of rotatable bonds is 6. The number of methoxy groups -OCH3 is 3. The molecule has 0 N–H and O–H groups in total. The highest BCUT2D eigenvalue weighted by molar-refractivity contribution is 5.62. The van der Waals surface area contributed by atoms with Crippen molar-refractivity contribution in [2.75, 3.05) is 21.3 Å². The van der Waals surface area contributed by atoms with Crippen LogP contribution in [0.2, 0.25) is 0 Å². The third-order valence-electron chi connectivity index (χ3n) is 2.46. The second-order valence-electron chi connectivity index (χ2n) is 3.28. The van der Waals surface area contributed by atoms with Crippen LogP contribution in [0.15, 0.2) is 28.2 Å². The molecule has 0 bridgehead atoms. The molecule has 0 amide bonds. The van der Waals surface area contributed by atoms with Gasteiger partial charge in [-0.15, -0.1) is 0 Å². The quantitative estimate of drug-likeness (QED) is 0.443. The number of isocyanates is 2. The molecule has 0 fully saturated rings. The Kier molecular flexibility index (Phi) is 5.26. The van der Waals surface area contributed by atoms with Gasteiger partial charge in [0.2, 0.25) is 12.2 Å². The van der Waals surface area contributed by atoms with Crippen molar-refractivity contribution >= 4 is 23.5 Å². The van der Waals surface area contributed by atoms with Crippen molar-refractivity contribution in [1.82, 2.24) is 0 Å². The summed E-state index contributed by atoms with van der Waals surface area (Å²) in [6.07, 6.45) is 2.80. The Morgan fingerprint density at radius 1 is 1.00 bits per heavy atom. The molecule has 0 aromatic heterocycles. The number of nitrogens with zero attached hydrogens (tertiary/aromatic N) is 2. The average molecular weight is 264 g/mol. The smallest absolute Gasteiger partial charge is 0.313 e. The van der Waals surface area contributed by atoms with Crippen molar-refractivity contribution in [2.45, 2.75) is 5.97 Å². The molecular formula is C12H12N2O5. The minimum absolute atomic E-state index is 0.164. The van der Waals surface area contributed by atoms with Crippen molar-refractivity contribution in [2.24, 2.45) is 9.98 Å². The minimum atomic E-state index is -1.51. The summed E-state index contributed by atoms with van der Waals surface area (Å²) in [5.41, 5.74) is 0.787. The molecule has 1 rings (SSSR count). The average Bonchev–Trinajstić information content (AvgIpc) is 2.44. The fourth-order valence-electron chi connectivity index (χ4n) is 1.62. The first-order chi connectivity index (χ1) is 9.17. The van der Waals surface area contributed by atoms with Gasteiger partial charge in [0.1, 0.15) is 0 Å². The molecule has 0 spiro atoms. The summed E-state index contributed by atoms with van der Waals surface area (Å²) in [5.74, 6) is -1.51. The lowest BCUT2D eigenvalue weighted by Crippen LogP contribution is -2.33. The molecule has 0 aliphatic heterocycles. The van der Waals surface area contributed by atoms with Crippen LogP contribution in [-0.2, 0) is 29.8 Å². The highest BCUT2D eigenvalue weighted by atomic mass is 16.9. The Morgan fingerprint density at radius 3 is 2.05 bits per heavy atom. The van der Waals surface area contributed by atoms with Gasteiger partial charge in [0.15, 0.2) is 0 Å². The highest BCUT2D eigenvalue weighted by Crippen LogP contribution is 2.36. The van der Waals surface area contributed by atoms with Crippen LogP contribution < -0.4 is 0 Å². The second-order valence-corrected chi connectivity index (χ2v) is 3.28. The maximum Gasteiger partial charge on any atom is 0.313 e. The molecule has 1 aromatic carbocycles. The summed E-state index contributed by atoms with van der Waals surface area (Å²) in [7, 11) is 4.12. The Morgan fingerprint density at radius 2 is 1.58 bits per heavy atom. The fourth-order valence-corrected chi connectivity index (χ4v) is 1.62. The number of ether oxygens (including phenoxy) is 3. The van der Waals surface area contributed by atoms with Crippen LogP contribution >= 0.6 is 0 Å². The van der Waals surface area contributed by atoms with Gasteiger partial charge in [0.05, 0.1) is 16.9 Å². The number of benzene rings is 1. The second kappa shape index (κ2) is 6.70. The van der Waals surface area contributed by atoms with Gasteiger partial charge in [-0.25, -0.2) is 9.59 Å². The maximum absolute atomic E-state index is 10.5. The first-order valence-electron chi connectivity index (χ1n) is 5.13. The SMILES string of the molecule is COC(OC)(OC)c1ccc(N=C=O)cc1N=C=O. The fraction of sp³-hybridized carbons (Fsp3) is 0.333. The van der Waals surface area contributed by atoms with E-state index < -0.39 is 5.97 Å². The van der Waals surface area contributed by atoms with Gasteiger partial charge in [-0.1, -0.05) is 0 Å². The Balaban J connectivity index is 3.49. The summed E-state index contributed by atoms with van der Waals surface area (Å²) in [5, 5.41) is 0. The van der Waals surface area contributed by atoms with Gasteiger partial charge in [-0.3, -0.25) is 0 Å². The number of aliphatic imine (C=N–C) groups is 2. The number of hydrogen-bond donors (Lipinski definition) is 0. The van der Waals surface area contributed by atoms with Gasteiger partial charge in [0.25, 0.3) is 0 Å². The Labute approximate surface area is 109 Å². The van der Waals surface area contributed by atoms with E-state index in [-0.39, 0.29) is 11.4 Å². The summed E-state index contributed by atoms with van der Waals surface area (Å²) in [6.45, 7) is 0. The van der Waals surface area contributed by atoms with Gasteiger partial charge in [0, 0.05) is 21.3 Å². The standard InChI is InChI=1S/C12H12N2O5/c1-17-12(18-2,19-3)10-5-4-9(13-7-15)6-11(10)14-8-16/h4-6H,1-3H3. The Hall–Kier alpha value is -2.14. The first-order valence-corrected chi connectivity index (χ1v) is 5.13. The third kappa shape index (κ3) is 3.00. The van der Waals surface area contributed by atoms with Crippen molar-refractivity contribution in [1.29, 1.82) is 0 Å². The highest BCUT2D eigenvalue weighted by Gasteiger charge is 2.35. The van der Waals surface area contributed by atoms with Gasteiger partial charge >= 0.3 is 5.97 Å². The van der Waals surface area contributed by atoms with Crippen LogP contribution in [0.4, 0.5) is 11.4 Å². The molecule has 7 heteroatoms. The van der Waals surface area contributed by atoms with Crippen LogP contribution in [0.25, 0.3) is 0 Å². The normalized spacial score (nSPS) is 10.5. The van der Waals surface area contributed by atoms with Gasteiger partial charge < -0.3 is 14.2 Å². The van der Waals surface area contributed by atoms with E-state index >= 15 is 0 Å². The molecule has 1 aromatic rings. The van der Waals surface area contributed by atoms with Crippen molar-refractivity contribution < 1.29 is 23.8 Å². The van der Waals surface area contributed by atoms with E-state index in [1.165, 1.54) is 51.7 Å². The minimum Gasteiger partial charge on any atom is -0.327 e. The van der Waals surface area contributed by atoms with Crippen molar-refractivity contribution in [3.05, 3.63) is 23.8 Å². The molecule has 0 saturated carbocycles. The predicted octanol–water partition coefficient (Wildman–Crippen LogP) is 1.67. The number of carbonyl (C=O) groups excluding carboxylic acids is 2. The van der Waals surface area contributed by atoms with Gasteiger partial charge in [-0.2, -0.15) is 9.98 Å². The molecule has 0 radical (unpaired) electrons. The van der Waals surface area contributed by atoms with E-state index in [0.717, 1.165) is 0 Å². The molecule has 0 atom stereocenters. The van der Waals surface area contributed by atoms with Crippen LogP contribution in [0.3, 0.4) is 0 Å². The molecule has 0 unspecified atom stereocenters. The van der Waals surface area contributed by atoms with E-state index in [1.54, 1.807) is 0 Å².